The molecule has 0 aliphatic heterocycles. The minimum absolute atomic E-state index is 0.274. The van der Waals surface area contributed by atoms with Crippen LogP contribution in [0, 0.1) is 0 Å². The van der Waals surface area contributed by atoms with E-state index >= 15 is 0 Å². The van der Waals surface area contributed by atoms with Crippen molar-refractivity contribution in [1.29, 1.82) is 0 Å². The zero-order valence-electron chi connectivity index (χ0n) is 31.0. The van der Waals surface area contributed by atoms with Crippen LogP contribution in [0.2, 0.25) is 0 Å². The molecule has 0 spiro atoms. The molecule has 3 N–H and O–H groups in total. The zero-order valence-corrected chi connectivity index (χ0v) is 31.8. The topological polar surface area (TPSA) is 104 Å². The van der Waals surface area contributed by atoms with Gasteiger partial charge >= 0.3 is 0 Å². The predicted octanol–water partition coefficient (Wildman–Crippen LogP) is 11.2. The van der Waals surface area contributed by atoms with Gasteiger partial charge in [0.05, 0.1) is 17.9 Å². The third-order valence-electron chi connectivity index (χ3n) is 8.01. The van der Waals surface area contributed by atoms with Crippen molar-refractivity contribution in [2.24, 2.45) is 0 Å². The average Bonchev–Trinajstić information content (AvgIpc) is 3.06. The number of allylic oxidation sites excluding steroid dienone is 13. The standard InChI is InChI=1S/C42H71NO5S/c1-3-5-7-9-11-13-15-16-17-18-19-20-21-22-23-24-25-26-28-30-32-34-36-38-42(45)43-40(39-49(46,47)48)41(44)37-35-33-31-29-27-14-12-10-8-6-4-2/h5,7-8,10-11,13,16-17,19-20,27,29,35,37,40-41,44H,3-4,6,9,12,14-15,18,21-26,28,30-34,36,38-39H2,1-2H3,(H,43,45)(H,46,47,48)/b7-5-,10-8+,13-11-,17-16-,20-19-,29-27+,37-35+. The van der Waals surface area contributed by atoms with Gasteiger partial charge in [-0.05, 0) is 77.0 Å². The molecule has 2 atom stereocenters. The second-order valence-corrected chi connectivity index (χ2v) is 14.3. The van der Waals surface area contributed by atoms with Crippen molar-refractivity contribution >= 4 is 16.0 Å². The van der Waals surface area contributed by atoms with E-state index in [1.165, 1.54) is 44.6 Å². The van der Waals surface area contributed by atoms with E-state index in [9.17, 15) is 22.9 Å². The van der Waals surface area contributed by atoms with E-state index in [1.807, 2.05) is 0 Å². The summed E-state index contributed by atoms with van der Waals surface area (Å²) in [5.74, 6) is -1.03. The van der Waals surface area contributed by atoms with Crippen LogP contribution in [0.25, 0.3) is 0 Å². The summed E-state index contributed by atoms with van der Waals surface area (Å²) in [4.78, 5) is 12.5. The number of unbranched alkanes of at least 4 members (excludes halogenated alkanes) is 13. The lowest BCUT2D eigenvalue weighted by molar-refractivity contribution is -0.122. The maximum absolute atomic E-state index is 12.5. The van der Waals surface area contributed by atoms with E-state index in [4.69, 9.17) is 0 Å². The Bertz CT molecular complexity index is 1080. The highest BCUT2D eigenvalue weighted by Gasteiger charge is 2.24. The van der Waals surface area contributed by atoms with Crippen LogP contribution >= 0.6 is 0 Å². The molecule has 0 fully saturated rings. The van der Waals surface area contributed by atoms with Gasteiger partial charge in [-0.2, -0.15) is 8.42 Å². The predicted molar refractivity (Wildman–Crippen MR) is 211 cm³/mol. The van der Waals surface area contributed by atoms with Gasteiger partial charge in [-0.15, -0.1) is 0 Å². The Kier molecular flexibility index (Phi) is 33.6. The van der Waals surface area contributed by atoms with Crippen molar-refractivity contribution in [2.45, 2.75) is 167 Å². The molecule has 0 saturated carbocycles. The highest BCUT2D eigenvalue weighted by Crippen LogP contribution is 2.13. The first kappa shape index (κ1) is 46.5. The average molecular weight is 702 g/mol. The van der Waals surface area contributed by atoms with E-state index in [0.717, 1.165) is 83.5 Å². The molecule has 6 nitrogen and oxygen atoms in total. The second-order valence-electron chi connectivity index (χ2n) is 12.8. The summed E-state index contributed by atoms with van der Waals surface area (Å²) in [7, 11) is -4.36. The molecule has 0 aliphatic rings. The molecule has 7 heteroatoms. The van der Waals surface area contributed by atoms with E-state index in [1.54, 1.807) is 6.08 Å². The first-order chi connectivity index (χ1) is 23.8. The van der Waals surface area contributed by atoms with Crippen molar-refractivity contribution in [3.05, 3.63) is 85.1 Å². The van der Waals surface area contributed by atoms with Gasteiger partial charge in [0.15, 0.2) is 0 Å². The lowest BCUT2D eigenvalue weighted by Gasteiger charge is -2.21. The van der Waals surface area contributed by atoms with Gasteiger partial charge in [-0.1, -0.05) is 157 Å². The number of rotatable bonds is 33. The van der Waals surface area contributed by atoms with Gasteiger partial charge in [-0.3, -0.25) is 9.35 Å². The molecule has 1 amide bonds. The number of amides is 1. The molecule has 0 saturated heterocycles. The Morgan fingerprint density at radius 1 is 0.571 bits per heavy atom. The molecule has 0 radical (unpaired) electrons. The van der Waals surface area contributed by atoms with Crippen LogP contribution in [0.15, 0.2) is 85.1 Å². The molecule has 2 unspecified atom stereocenters. The van der Waals surface area contributed by atoms with Crippen LogP contribution in [0.4, 0.5) is 0 Å². The van der Waals surface area contributed by atoms with Crippen molar-refractivity contribution in [1.82, 2.24) is 5.32 Å². The minimum atomic E-state index is -4.36. The molecular formula is C42H71NO5S. The Labute approximate surface area is 301 Å². The number of carbonyl (C=O) groups excluding carboxylic acids is 1. The fraction of sp³-hybridized carbons (Fsp3) is 0.643. The van der Waals surface area contributed by atoms with Crippen molar-refractivity contribution in [3.8, 4) is 0 Å². The summed E-state index contributed by atoms with van der Waals surface area (Å²) >= 11 is 0. The van der Waals surface area contributed by atoms with Gasteiger partial charge in [0.25, 0.3) is 10.1 Å². The van der Waals surface area contributed by atoms with Crippen molar-refractivity contribution in [2.75, 3.05) is 5.75 Å². The van der Waals surface area contributed by atoms with Crippen LogP contribution in [0.3, 0.4) is 0 Å². The Morgan fingerprint density at radius 3 is 1.51 bits per heavy atom. The number of nitrogens with one attached hydrogen (secondary N) is 1. The second kappa shape index (κ2) is 35.3. The van der Waals surface area contributed by atoms with Crippen LogP contribution in [-0.2, 0) is 14.9 Å². The summed E-state index contributed by atoms with van der Waals surface area (Å²) < 4.78 is 32.3. The third kappa shape index (κ3) is 36.6. The molecule has 280 valence electrons. The van der Waals surface area contributed by atoms with Crippen LogP contribution < -0.4 is 5.32 Å². The van der Waals surface area contributed by atoms with Crippen molar-refractivity contribution < 1.29 is 22.9 Å². The van der Waals surface area contributed by atoms with Crippen molar-refractivity contribution in [3.63, 3.8) is 0 Å². The smallest absolute Gasteiger partial charge is 0.267 e. The molecule has 0 aromatic carbocycles. The largest absolute Gasteiger partial charge is 0.387 e. The highest BCUT2D eigenvalue weighted by molar-refractivity contribution is 7.85. The summed E-state index contributed by atoms with van der Waals surface area (Å²) in [6.45, 7) is 4.32. The molecular weight excluding hydrogens is 631 g/mol. The number of aliphatic hydroxyl groups excluding tert-OH is 1. The molecule has 0 aromatic rings. The monoisotopic (exact) mass is 702 g/mol. The lowest BCUT2D eigenvalue weighted by Crippen LogP contribution is -2.46. The minimum Gasteiger partial charge on any atom is -0.387 e. The van der Waals surface area contributed by atoms with Gasteiger partial charge in [0.2, 0.25) is 5.91 Å². The molecule has 0 aliphatic carbocycles. The normalized spacial score (nSPS) is 14.3. The van der Waals surface area contributed by atoms with Gasteiger partial charge in [-0.25, -0.2) is 0 Å². The van der Waals surface area contributed by atoms with Gasteiger partial charge < -0.3 is 10.4 Å². The molecule has 0 heterocycles. The van der Waals surface area contributed by atoms with Gasteiger partial charge in [0.1, 0.15) is 0 Å². The highest BCUT2D eigenvalue weighted by atomic mass is 32.2. The van der Waals surface area contributed by atoms with Crippen LogP contribution in [-0.4, -0.2) is 41.9 Å². The quantitative estimate of drug-likeness (QED) is 0.0359. The summed E-state index contributed by atoms with van der Waals surface area (Å²) in [5, 5.41) is 13.1. The first-order valence-electron chi connectivity index (χ1n) is 19.3. The Hall–Kier alpha value is -2.48. The third-order valence-corrected chi connectivity index (χ3v) is 8.79. The molecule has 0 rings (SSSR count). The Morgan fingerprint density at radius 2 is 1.00 bits per heavy atom. The summed E-state index contributed by atoms with van der Waals surface area (Å²) in [6, 6.07) is -1.09. The summed E-state index contributed by atoms with van der Waals surface area (Å²) in [5.41, 5.74) is 0. The number of hydrogen-bond acceptors (Lipinski definition) is 4. The van der Waals surface area contributed by atoms with E-state index in [-0.39, 0.29) is 12.3 Å². The lowest BCUT2D eigenvalue weighted by atomic mass is 10.0. The number of hydrogen-bond donors (Lipinski definition) is 3. The molecule has 0 aromatic heterocycles. The maximum atomic E-state index is 12.5. The van der Waals surface area contributed by atoms with E-state index < -0.39 is 28.0 Å². The Balaban J connectivity index is 3.94. The maximum Gasteiger partial charge on any atom is 0.267 e. The van der Waals surface area contributed by atoms with E-state index in [0.29, 0.717) is 12.8 Å². The van der Waals surface area contributed by atoms with E-state index in [2.05, 4.69) is 92.1 Å². The molecule has 0 bridgehead atoms. The first-order valence-corrected chi connectivity index (χ1v) is 20.9. The zero-order chi connectivity index (χ0) is 36.1. The van der Waals surface area contributed by atoms with Crippen LogP contribution in [0.1, 0.15) is 155 Å². The summed E-state index contributed by atoms with van der Waals surface area (Å²) in [6.07, 6.45) is 51.5. The number of aliphatic hydroxyl groups is 1. The SMILES string of the molecule is CC/C=C\C/C=C\C/C=C\C/C=C\CCCCCCCCCCCCC(=O)NC(CS(=O)(=O)O)C(O)/C=C/CC/C=C/CC/C=C/CCC. The fourth-order valence-electron chi connectivity index (χ4n) is 5.18. The van der Waals surface area contributed by atoms with Crippen LogP contribution in [0.5, 0.6) is 0 Å². The molecule has 49 heavy (non-hydrogen) atoms. The van der Waals surface area contributed by atoms with Gasteiger partial charge in [0, 0.05) is 6.42 Å². The fourth-order valence-corrected chi connectivity index (χ4v) is 5.92. The number of carbonyl (C=O) groups is 1.